The highest BCUT2D eigenvalue weighted by atomic mass is 16.3. The third-order valence-corrected chi connectivity index (χ3v) is 19.5. The maximum absolute atomic E-state index is 15.2. The Bertz CT molecular complexity index is 4240. The molecule has 2 saturated heterocycles. The van der Waals surface area contributed by atoms with Gasteiger partial charge in [-0.1, -0.05) is 94.3 Å². The van der Waals surface area contributed by atoms with Crippen molar-refractivity contribution in [2.24, 2.45) is 17.4 Å². The monoisotopic (exact) mass is 1610 g/mol. The number of rotatable bonds is 33. The SMILES string of the molecule is CCCC[C@H](NC(=O)[C@H](CO)NC(=O)[C@H](Cc1ccc(O)cc1)NC(=O)[C@H](CO)NC(C)=O)C(=O)N[C@H]1CC(=O)NCCCC[C@@H](C(=O)NCC(=O)N2CCC[C@H]2C(=O)N[C@H](C(N)=O)C(C)C)NC(=O)[C@H](Cc2c[nH]c3ccccc23)NC(=O)[C@H](CCCNC(=N)N)NC(=O)[C@@H](Cc2ccccc2)NC(=O)[C@H](Cc2cnc[nH]2)NC1=O. The molecule has 2 fully saturated rings. The second kappa shape index (κ2) is 45.4. The number of aliphatic hydroxyl groups excluding tert-OH is 2. The zero-order valence-corrected chi connectivity index (χ0v) is 65.1. The first-order valence-corrected chi connectivity index (χ1v) is 38.5. The van der Waals surface area contributed by atoms with Crippen LogP contribution in [-0.2, 0) is 97.6 Å². The van der Waals surface area contributed by atoms with E-state index in [1.807, 2.05) is 0 Å². The summed E-state index contributed by atoms with van der Waals surface area (Å²) >= 11 is 0. The van der Waals surface area contributed by atoms with Crippen molar-refractivity contribution < 1.29 is 87.2 Å². The number of phenolic OH excluding ortho intramolecular Hbond substituents is 1. The molecule has 0 unspecified atom stereocenters. The van der Waals surface area contributed by atoms with E-state index in [2.05, 4.69) is 89.4 Å². The van der Waals surface area contributed by atoms with E-state index in [4.69, 9.17) is 16.9 Å². The minimum atomic E-state index is -1.92. The van der Waals surface area contributed by atoms with Gasteiger partial charge in [-0.25, -0.2) is 4.98 Å². The van der Waals surface area contributed by atoms with Crippen LogP contribution >= 0.6 is 0 Å². The molecule has 5 aromatic rings. The summed E-state index contributed by atoms with van der Waals surface area (Å²) in [4.78, 5) is 225. The number of phenols is 1. The number of carbonyl (C=O) groups is 15. The Morgan fingerprint density at radius 3 is 1.89 bits per heavy atom. The highest BCUT2D eigenvalue weighted by Crippen LogP contribution is 2.22. The number of para-hydroxylation sites is 1. The Morgan fingerprint density at radius 1 is 0.629 bits per heavy atom. The maximum atomic E-state index is 15.2. The van der Waals surface area contributed by atoms with E-state index >= 15 is 24.0 Å². The number of carbonyl (C=O) groups excluding carboxylic acids is 15. The second-order valence-corrected chi connectivity index (χ2v) is 28.8. The zero-order chi connectivity index (χ0) is 84.5. The molecule has 0 saturated carbocycles. The molecule has 0 radical (unpaired) electrons. The number of nitrogens with two attached hydrogens (primary N) is 2. The minimum absolute atomic E-state index is 0.0130. The lowest BCUT2D eigenvalue weighted by Crippen LogP contribution is -2.62. The largest absolute Gasteiger partial charge is 0.508 e. The van der Waals surface area contributed by atoms with Crippen LogP contribution in [0.3, 0.4) is 0 Å². The molecule has 15 amide bonds. The van der Waals surface area contributed by atoms with Gasteiger partial charge in [0.15, 0.2) is 5.96 Å². The maximum Gasteiger partial charge on any atom is 0.245 e. The number of H-pyrrole nitrogens is 2. The van der Waals surface area contributed by atoms with Gasteiger partial charge in [-0.15, -0.1) is 0 Å². The van der Waals surface area contributed by atoms with E-state index in [-0.39, 0.29) is 114 Å². The molecule has 7 rings (SSSR count). The standard InChI is InChI=1S/C77H107N21O18/c1-5-6-19-52(90-75(115)60(40-100)96-70(110)55(32-45-24-26-48(102)27-25-45)92-74(114)59(39-99)87-43(4)101)67(107)95-58-35-62(103)82-28-13-12-21-51(66(106)85-38-63(104)98-30-15-23-61(98)76(116)97-64(42(2)3)65(78)105)88-71(111)56(33-46-36-84-50-20-11-10-18-49(46)50)93-68(108)53(22-14-29-83-77(79)80)89-69(109)54(31-44-16-8-7-9-17-44)91-72(112)57(94-73(58)113)34-47-37-81-41-86-47/h7-11,16-18,20,24-27,36-37,41-42,51-61,64,84,99-100,102H,5-6,12-15,19,21-23,28-35,38-40H2,1-4H3,(H2,78,105)(H,81,86)(H,82,103)(H,85,106)(H,87,101)(H,88,111)(H,89,109)(H,90,115)(H,91,112)(H,92,114)(H,93,108)(H,94,113)(H,95,107)(H,96,110)(H,97,116)(H4,79,80,83)/t51-,52-,53-,54+,55-,56-,57-,58-,59-,60-,61-,64-/m0/s1. The number of nitrogens with one attached hydrogen (secondary N) is 17. The smallest absolute Gasteiger partial charge is 0.245 e. The van der Waals surface area contributed by atoms with Gasteiger partial charge in [0.25, 0.3) is 0 Å². The molecule has 3 aromatic carbocycles. The summed E-state index contributed by atoms with van der Waals surface area (Å²) in [6.45, 7) is 3.49. The Labute approximate surface area is 668 Å². The number of guanidine groups is 1. The van der Waals surface area contributed by atoms with Crippen LogP contribution in [0.15, 0.2) is 97.6 Å². The van der Waals surface area contributed by atoms with Crippen molar-refractivity contribution >= 4 is 105 Å². The average molecular weight is 1610 g/mol. The number of aromatic amines is 2. The van der Waals surface area contributed by atoms with Crippen LogP contribution in [0.5, 0.6) is 5.75 Å². The number of amides is 15. The van der Waals surface area contributed by atoms with Crippen molar-refractivity contribution in [2.75, 3.05) is 39.4 Å². The van der Waals surface area contributed by atoms with Crippen LogP contribution in [0, 0.1) is 11.3 Å². The average Bonchev–Trinajstić information content (AvgIpc) is 1.64. The Hall–Kier alpha value is -12.6. The van der Waals surface area contributed by atoms with Gasteiger partial charge in [-0.2, -0.15) is 0 Å². The predicted molar refractivity (Wildman–Crippen MR) is 419 cm³/mol. The number of nitrogens with zero attached hydrogens (tertiary/aromatic N) is 2. The summed E-state index contributed by atoms with van der Waals surface area (Å²) < 4.78 is 0. The highest BCUT2D eigenvalue weighted by molar-refractivity contribution is 6.01. The third-order valence-electron chi connectivity index (χ3n) is 19.5. The van der Waals surface area contributed by atoms with Crippen LogP contribution in [0.1, 0.15) is 121 Å². The van der Waals surface area contributed by atoms with Gasteiger partial charge in [0.1, 0.15) is 78.3 Å². The highest BCUT2D eigenvalue weighted by Gasteiger charge is 2.40. The molecular weight excluding hydrogens is 1510 g/mol. The predicted octanol–water partition coefficient (Wildman–Crippen LogP) is -4.40. The van der Waals surface area contributed by atoms with Gasteiger partial charge in [0, 0.05) is 81.2 Å². The van der Waals surface area contributed by atoms with E-state index in [0.29, 0.717) is 40.4 Å². The first-order chi connectivity index (χ1) is 55.4. The number of hydrogen-bond donors (Lipinski definition) is 22. The number of hydrogen-bond acceptors (Lipinski definition) is 20. The summed E-state index contributed by atoms with van der Waals surface area (Å²) in [5, 5.41) is 75.3. The molecule has 2 aliphatic heterocycles. The van der Waals surface area contributed by atoms with Crippen LogP contribution in [-0.4, -0.2) is 242 Å². The molecule has 24 N–H and O–H groups in total. The first-order valence-electron chi connectivity index (χ1n) is 38.5. The number of aromatic nitrogens is 3. The Balaban J connectivity index is 1.24. The number of benzene rings is 3. The fourth-order valence-electron chi connectivity index (χ4n) is 13.2. The number of aromatic hydroxyl groups is 1. The van der Waals surface area contributed by atoms with E-state index in [9.17, 15) is 63.3 Å². The summed E-state index contributed by atoms with van der Waals surface area (Å²) in [7, 11) is 0. The molecule has 39 heteroatoms. The molecular formula is C77H107N21O18. The van der Waals surface area contributed by atoms with Gasteiger partial charge in [0.2, 0.25) is 88.6 Å². The van der Waals surface area contributed by atoms with Gasteiger partial charge < -0.3 is 116 Å². The van der Waals surface area contributed by atoms with Crippen LogP contribution in [0.2, 0.25) is 0 Å². The van der Waals surface area contributed by atoms with Gasteiger partial charge in [0.05, 0.1) is 32.5 Å². The van der Waals surface area contributed by atoms with Crippen molar-refractivity contribution in [3.63, 3.8) is 0 Å². The second-order valence-electron chi connectivity index (χ2n) is 28.8. The molecule has 2 aliphatic rings. The van der Waals surface area contributed by atoms with Crippen molar-refractivity contribution in [2.45, 2.75) is 197 Å². The lowest BCUT2D eigenvalue weighted by molar-refractivity contribution is -0.140. The van der Waals surface area contributed by atoms with E-state index < -0.39 is 193 Å². The normalized spacial score (nSPS) is 20.1. The van der Waals surface area contributed by atoms with Crippen LogP contribution in [0.4, 0.5) is 0 Å². The molecule has 39 nitrogen and oxygen atoms in total. The quantitative estimate of drug-likeness (QED) is 0.0107. The molecule has 2 aromatic heterocycles. The summed E-state index contributed by atoms with van der Waals surface area (Å²) in [5.74, 6) is -14.8. The zero-order valence-electron chi connectivity index (χ0n) is 65.1. The first kappa shape index (κ1) is 90.6. The van der Waals surface area contributed by atoms with Gasteiger partial charge >= 0.3 is 0 Å². The molecule has 628 valence electrons. The van der Waals surface area contributed by atoms with E-state index in [1.165, 1.54) is 41.7 Å². The number of imidazole rings is 1. The topological polar surface area (TPSA) is 609 Å². The summed E-state index contributed by atoms with van der Waals surface area (Å²) in [5.41, 5.74) is 13.6. The van der Waals surface area contributed by atoms with Crippen molar-refractivity contribution in [3.05, 3.63) is 120 Å². The van der Waals surface area contributed by atoms with Crippen LogP contribution < -0.4 is 85.9 Å². The van der Waals surface area contributed by atoms with E-state index in [1.54, 1.807) is 81.6 Å². The lowest BCUT2D eigenvalue weighted by atomic mass is 10.0. The number of primary amides is 1. The fourth-order valence-corrected chi connectivity index (χ4v) is 13.2. The fraction of sp³-hybridized carbons (Fsp3) is 0.494. The summed E-state index contributed by atoms with van der Waals surface area (Å²) in [6.07, 6.45) is 3.13. The number of aliphatic hydroxyl groups is 2. The lowest BCUT2D eigenvalue weighted by Gasteiger charge is -2.28. The van der Waals surface area contributed by atoms with E-state index in [0.717, 1.165) is 6.92 Å². The van der Waals surface area contributed by atoms with Crippen molar-refractivity contribution in [3.8, 4) is 5.75 Å². The Kier molecular flexibility index (Phi) is 35.5. The Morgan fingerprint density at radius 2 is 1.24 bits per heavy atom. The van der Waals surface area contributed by atoms with Crippen molar-refractivity contribution in [1.82, 2.24) is 94.3 Å². The summed E-state index contributed by atoms with van der Waals surface area (Å²) in [6, 6.07) is 2.58. The molecule has 0 aliphatic carbocycles. The van der Waals surface area contributed by atoms with Gasteiger partial charge in [-0.3, -0.25) is 77.3 Å². The van der Waals surface area contributed by atoms with Crippen molar-refractivity contribution in [1.29, 1.82) is 5.41 Å². The minimum Gasteiger partial charge on any atom is -0.508 e. The molecule has 116 heavy (non-hydrogen) atoms. The molecule has 0 spiro atoms. The van der Waals surface area contributed by atoms with Crippen LogP contribution in [0.25, 0.3) is 10.9 Å². The third kappa shape index (κ3) is 28.2. The molecule has 0 bridgehead atoms. The number of fused-ring (bicyclic) bond motifs is 1. The molecule has 4 heterocycles. The molecule has 12 atom stereocenters. The number of likely N-dealkylation sites (tertiary alicyclic amines) is 1. The van der Waals surface area contributed by atoms with Gasteiger partial charge in [-0.05, 0) is 92.2 Å². The number of unbranched alkanes of at least 4 members (excludes halogenated alkanes) is 1.